The largest absolute Gasteiger partial charge is 0.490 e. The van der Waals surface area contributed by atoms with Gasteiger partial charge in [-0.1, -0.05) is 13.0 Å². The summed E-state index contributed by atoms with van der Waals surface area (Å²) in [5.74, 6) is 1.11. The van der Waals surface area contributed by atoms with Crippen LogP contribution in [0.15, 0.2) is 18.2 Å². The highest BCUT2D eigenvalue weighted by atomic mass is 35.5. The highest BCUT2D eigenvalue weighted by Crippen LogP contribution is 2.28. The summed E-state index contributed by atoms with van der Waals surface area (Å²) in [7, 11) is 0. The van der Waals surface area contributed by atoms with Crippen LogP contribution in [0.2, 0.25) is 0 Å². The molecule has 0 atom stereocenters. The van der Waals surface area contributed by atoms with E-state index in [0.29, 0.717) is 18.1 Å². The Bertz CT molecular complexity index is 569. The van der Waals surface area contributed by atoms with Gasteiger partial charge in [0.15, 0.2) is 18.1 Å². The second-order valence-corrected chi connectivity index (χ2v) is 7.89. The Labute approximate surface area is 164 Å². The summed E-state index contributed by atoms with van der Waals surface area (Å²) >= 11 is 0. The van der Waals surface area contributed by atoms with E-state index in [1.807, 2.05) is 45.9 Å². The molecule has 6 heteroatoms. The van der Waals surface area contributed by atoms with Crippen molar-refractivity contribution in [2.75, 3.05) is 13.2 Å². The lowest BCUT2D eigenvalue weighted by Gasteiger charge is -2.25. The maximum atomic E-state index is 11.9. The summed E-state index contributed by atoms with van der Waals surface area (Å²) in [5, 5.41) is 6.41. The highest BCUT2D eigenvalue weighted by Gasteiger charge is 2.16. The third-order valence-corrected chi connectivity index (χ3v) is 3.84. The fraction of sp³-hybridized carbons (Fsp3) is 0.650. The smallest absolute Gasteiger partial charge is 0.258 e. The van der Waals surface area contributed by atoms with Crippen LogP contribution >= 0.6 is 12.4 Å². The molecule has 0 heterocycles. The molecule has 0 aliphatic rings. The number of rotatable bonds is 9. The van der Waals surface area contributed by atoms with Crippen molar-refractivity contribution in [1.29, 1.82) is 0 Å². The number of nitrogens with one attached hydrogen (secondary N) is 2. The van der Waals surface area contributed by atoms with Gasteiger partial charge in [0.05, 0.1) is 6.61 Å². The minimum absolute atomic E-state index is 0. The van der Waals surface area contributed by atoms with Gasteiger partial charge < -0.3 is 20.1 Å². The van der Waals surface area contributed by atoms with Crippen molar-refractivity contribution in [3.8, 4) is 11.5 Å². The molecule has 0 unspecified atom stereocenters. The maximum absolute atomic E-state index is 11.9. The minimum Gasteiger partial charge on any atom is -0.490 e. The Hall–Kier alpha value is -1.46. The number of carbonyl (C=O) groups is 1. The van der Waals surface area contributed by atoms with Crippen LogP contribution in [0.25, 0.3) is 0 Å². The topological polar surface area (TPSA) is 59.6 Å². The standard InChI is InChI=1S/C20H34N2O3.ClH/c1-8-20(6,7)21-13-15-10-11-16(17(12-15)24-9-2)25-14-18(23)22-19(3,4)5;/h10-12,21H,8-9,13-14H2,1-7H3,(H,22,23);1H. The van der Waals surface area contributed by atoms with Gasteiger partial charge in [-0.2, -0.15) is 0 Å². The zero-order chi connectivity index (χ0) is 19.1. The van der Waals surface area contributed by atoms with Gasteiger partial charge in [0.25, 0.3) is 5.91 Å². The van der Waals surface area contributed by atoms with Crippen LogP contribution in [0.4, 0.5) is 0 Å². The molecule has 5 nitrogen and oxygen atoms in total. The van der Waals surface area contributed by atoms with E-state index in [1.165, 1.54) is 0 Å². The van der Waals surface area contributed by atoms with Crippen molar-refractivity contribution in [3.05, 3.63) is 23.8 Å². The number of benzene rings is 1. The van der Waals surface area contributed by atoms with E-state index in [0.717, 1.165) is 18.5 Å². The van der Waals surface area contributed by atoms with Gasteiger partial charge in [0, 0.05) is 17.6 Å². The van der Waals surface area contributed by atoms with Crippen LogP contribution < -0.4 is 20.1 Å². The molecule has 0 spiro atoms. The lowest BCUT2D eigenvalue weighted by molar-refractivity contribution is -0.124. The molecular weight excluding hydrogens is 352 g/mol. The van der Waals surface area contributed by atoms with E-state index >= 15 is 0 Å². The summed E-state index contributed by atoms with van der Waals surface area (Å²) < 4.78 is 11.3. The minimum atomic E-state index is -0.273. The van der Waals surface area contributed by atoms with Gasteiger partial charge in [-0.25, -0.2) is 0 Å². The average Bonchev–Trinajstić information content (AvgIpc) is 2.51. The van der Waals surface area contributed by atoms with Crippen LogP contribution in [0, 0.1) is 0 Å². The molecule has 0 aliphatic carbocycles. The monoisotopic (exact) mass is 386 g/mol. The molecule has 0 bridgehead atoms. The fourth-order valence-electron chi connectivity index (χ4n) is 2.11. The molecule has 1 rings (SSSR count). The lowest BCUT2D eigenvalue weighted by Crippen LogP contribution is -2.43. The molecule has 0 saturated carbocycles. The summed E-state index contributed by atoms with van der Waals surface area (Å²) in [5.41, 5.74) is 0.938. The number of amides is 1. The lowest BCUT2D eigenvalue weighted by atomic mass is 10.0. The number of ether oxygens (including phenoxy) is 2. The molecule has 150 valence electrons. The maximum Gasteiger partial charge on any atom is 0.258 e. The Balaban J connectivity index is 0.00000625. The second-order valence-electron chi connectivity index (χ2n) is 7.89. The molecule has 1 aromatic carbocycles. The quantitative estimate of drug-likeness (QED) is 0.671. The van der Waals surface area contributed by atoms with E-state index in [1.54, 1.807) is 0 Å². The molecule has 0 radical (unpaired) electrons. The van der Waals surface area contributed by atoms with E-state index in [-0.39, 0.29) is 36.0 Å². The van der Waals surface area contributed by atoms with Crippen molar-refractivity contribution in [2.24, 2.45) is 0 Å². The normalized spacial score (nSPS) is 11.5. The van der Waals surface area contributed by atoms with E-state index in [2.05, 4.69) is 31.4 Å². The number of hydrogen-bond acceptors (Lipinski definition) is 4. The zero-order valence-corrected chi connectivity index (χ0v) is 18.0. The van der Waals surface area contributed by atoms with Crippen molar-refractivity contribution >= 4 is 18.3 Å². The van der Waals surface area contributed by atoms with Crippen molar-refractivity contribution < 1.29 is 14.3 Å². The van der Waals surface area contributed by atoms with Gasteiger partial charge in [-0.15, -0.1) is 12.4 Å². The van der Waals surface area contributed by atoms with Gasteiger partial charge in [-0.3, -0.25) is 4.79 Å². The van der Waals surface area contributed by atoms with Crippen molar-refractivity contribution in [1.82, 2.24) is 10.6 Å². The molecule has 0 fully saturated rings. The molecule has 26 heavy (non-hydrogen) atoms. The van der Waals surface area contributed by atoms with Crippen molar-refractivity contribution in [2.45, 2.75) is 72.5 Å². The summed E-state index contributed by atoms with van der Waals surface area (Å²) in [4.78, 5) is 11.9. The second kappa shape index (κ2) is 10.6. The third kappa shape index (κ3) is 9.30. The first kappa shape index (κ1) is 24.5. The molecule has 1 amide bonds. The summed E-state index contributed by atoms with van der Waals surface area (Å²) in [6, 6.07) is 5.84. The van der Waals surface area contributed by atoms with Gasteiger partial charge in [0.1, 0.15) is 0 Å². The first-order chi connectivity index (χ1) is 11.6. The molecule has 0 saturated heterocycles. The Morgan fingerprint density at radius 2 is 1.69 bits per heavy atom. The van der Waals surface area contributed by atoms with Crippen LogP contribution in [0.3, 0.4) is 0 Å². The number of hydrogen-bond donors (Lipinski definition) is 2. The van der Waals surface area contributed by atoms with Gasteiger partial charge in [0.2, 0.25) is 0 Å². The van der Waals surface area contributed by atoms with Gasteiger partial charge in [-0.05, 0) is 65.7 Å². The highest BCUT2D eigenvalue weighted by molar-refractivity contribution is 5.85. The fourth-order valence-corrected chi connectivity index (χ4v) is 2.11. The summed E-state index contributed by atoms with van der Waals surface area (Å²) in [6.45, 7) is 15.6. The molecule has 0 aliphatic heterocycles. The summed E-state index contributed by atoms with van der Waals surface area (Å²) in [6.07, 6.45) is 1.05. The van der Waals surface area contributed by atoms with E-state index in [9.17, 15) is 4.79 Å². The van der Waals surface area contributed by atoms with E-state index in [4.69, 9.17) is 9.47 Å². The van der Waals surface area contributed by atoms with Gasteiger partial charge >= 0.3 is 0 Å². The zero-order valence-electron chi connectivity index (χ0n) is 17.2. The molecule has 0 aromatic heterocycles. The van der Waals surface area contributed by atoms with Crippen LogP contribution in [-0.2, 0) is 11.3 Å². The van der Waals surface area contributed by atoms with Crippen LogP contribution in [0.5, 0.6) is 11.5 Å². The molecule has 2 N–H and O–H groups in total. The predicted octanol–water partition coefficient (Wildman–Crippen LogP) is 4.08. The molecule has 1 aromatic rings. The number of carbonyl (C=O) groups excluding carboxylic acids is 1. The van der Waals surface area contributed by atoms with Crippen molar-refractivity contribution in [3.63, 3.8) is 0 Å². The first-order valence-corrected chi connectivity index (χ1v) is 9.01. The van der Waals surface area contributed by atoms with Crippen LogP contribution in [-0.4, -0.2) is 30.2 Å². The van der Waals surface area contributed by atoms with E-state index < -0.39 is 0 Å². The van der Waals surface area contributed by atoms with Crippen LogP contribution in [0.1, 0.15) is 60.5 Å². The predicted molar refractivity (Wildman–Crippen MR) is 109 cm³/mol. The third-order valence-electron chi connectivity index (χ3n) is 3.84. The SMILES string of the molecule is CCOc1cc(CNC(C)(C)CC)ccc1OCC(=O)NC(C)(C)C.Cl. The Morgan fingerprint density at radius 3 is 2.23 bits per heavy atom. The Morgan fingerprint density at radius 1 is 1.04 bits per heavy atom. The Kier molecular flexibility index (Phi) is 10.0. The first-order valence-electron chi connectivity index (χ1n) is 9.01. The number of halogens is 1. The average molecular weight is 387 g/mol. The molecular formula is C20H35ClN2O3.